The van der Waals surface area contributed by atoms with Crippen molar-refractivity contribution in [2.45, 2.75) is 6.42 Å². The molecule has 0 spiro atoms. The summed E-state index contributed by atoms with van der Waals surface area (Å²) in [7, 11) is 0. The number of aromatic nitrogens is 1. The van der Waals surface area contributed by atoms with Gasteiger partial charge in [0, 0.05) is 23.5 Å². The van der Waals surface area contributed by atoms with Crippen LogP contribution in [0.2, 0.25) is 0 Å². The molecule has 0 aliphatic rings. The second-order valence-corrected chi connectivity index (χ2v) is 3.35. The standard InChI is InChI=1S/C13H9FN2/c14-12-5-1-3-10(6-7-15)13(12)11-4-2-8-16-9-11/h1-5,8-9H,6H2. The molecule has 0 aliphatic carbocycles. The van der Waals surface area contributed by atoms with Crippen LogP contribution in [0.25, 0.3) is 11.1 Å². The summed E-state index contributed by atoms with van der Waals surface area (Å²) in [4.78, 5) is 3.95. The molecular weight excluding hydrogens is 203 g/mol. The number of pyridine rings is 1. The highest BCUT2D eigenvalue weighted by atomic mass is 19.1. The summed E-state index contributed by atoms with van der Waals surface area (Å²) in [5.74, 6) is -0.319. The van der Waals surface area contributed by atoms with Gasteiger partial charge in [0.1, 0.15) is 5.82 Å². The van der Waals surface area contributed by atoms with Gasteiger partial charge in [0.15, 0.2) is 0 Å². The summed E-state index contributed by atoms with van der Waals surface area (Å²) >= 11 is 0. The van der Waals surface area contributed by atoms with E-state index in [0.29, 0.717) is 16.7 Å². The molecule has 0 saturated carbocycles. The zero-order chi connectivity index (χ0) is 11.4. The Bertz CT molecular complexity index is 529. The highest BCUT2D eigenvalue weighted by Crippen LogP contribution is 2.26. The van der Waals surface area contributed by atoms with Crippen LogP contribution in [0.3, 0.4) is 0 Å². The lowest BCUT2D eigenvalue weighted by atomic mass is 9.99. The number of nitrogens with zero attached hydrogens (tertiary/aromatic N) is 2. The molecule has 0 amide bonds. The van der Waals surface area contributed by atoms with Gasteiger partial charge in [0.2, 0.25) is 0 Å². The zero-order valence-corrected chi connectivity index (χ0v) is 8.52. The first-order chi connectivity index (χ1) is 7.83. The normalized spacial score (nSPS) is 9.75. The van der Waals surface area contributed by atoms with Gasteiger partial charge in [-0.1, -0.05) is 18.2 Å². The minimum atomic E-state index is -0.319. The van der Waals surface area contributed by atoms with Crippen molar-refractivity contribution in [3.05, 3.63) is 54.1 Å². The topological polar surface area (TPSA) is 36.7 Å². The Labute approximate surface area is 93.0 Å². The van der Waals surface area contributed by atoms with Gasteiger partial charge in [0.25, 0.3) is 0 Å². The summed E-state index contributed by atoms with van der Waals surface area (Å²) in [5.41, 5.74) is 1.86. The van der Waals surface area contributed by atoms with Crippen LogP contribution in [0.1, 0.15) is 5.56 Å². The van der Waals surface area contributed by atoms with E-state index in [9.17, 15) is 4.39 Å². The monoisotopic (exact) mass is 212 g/mol. The molecule has 0 radical (unpaired) electrons. The maximum atomic E-state index is 13.7. The van der Waals surface area contributed by atoms with E-state index < -0.39 is 0 Å². The van der Waals surface area contributed by atoms with Crippen molar-refractivity contribution in [3.8, 4) is 17.2 Å². The van der Waals surface area contributed by atoms with E-state index in [4.69, 9.17) is 5.26 Å². The van der Waals surface area contributed by atoms with Crippen LogP contribution in [0.15, 0.2) is 42.7 Å². The number of benzene rings is 1. The maximum absolute atomic E-state index is 13.7. The molecule has 16 heavy (non-hydrogen) atoms. The second kappa shape index (κ2) is 4.54. The van der Waals surface area contributed by atoms with Crippen LogP contribution >= 0.6 is 0 Å². The van der Waals surface area contributed by atoms with Crippen LogP contribution < -0.4 is 0 Å². The SMILES string of the molecule is N#CCc1cccc(F)c1-c1cccnc1. The number of halogens is 1. The van der Waals surface area contributed by atoms with E-state index in [2.05, 4.69) is 4.98 Å². The Balaban J connectivity index is 2.60. The molecule has 1 aromatic heterocycles. The van der Waals surface area contributed by atoms with E-state index in [1.807, 2.05) is 6.07 Å². The molecule has 78 valence electrons. The Hall–Kier alpha value is -2.21. The first-order valence-electron chi connectivity index (χ1n) is 4.87. The van der Waals surface area contributed by atoms with Gasteiger partial charge in [-0.2, -0.15) is 5.26 Å². The van der Waals surface area contributed by atoms with E-state index in [-0.39, 0.29) is 12.2 Å². The summed E-state index contributed by atoms with van der Waals surface area (Å²) in [6, 6.07) is 10.3. The minimum absolute atomic E-state index is 0.196. The van der Waals surface area contributed by atoms with Gasteiger partial charge < -0.3 is 0 Å². The molecular formula is C13H9FN2. The van der Waals surface area contributed by atoms with Crippen LogP contribution in [-0.4, -0.2) is 4.98 Å². The molecule has 0 saturated heterocycles. The van der Waals surface area contributed by atoms with Crippen molar-refractivity contribution >= 4 is 0 Å². The average molecular weight is 212 g/mol. The van der Waals surface area contributed by atoms with Gasteiger partial charge in [-0.05, 0) is 17.7 Å². The smallest absolute Gasteiger partial charge is 0.131 e. The van der Waals surface area contributed by atoms with Gasteiger partial charge in [-0.15, -0.1) is 0 Å². The molecule has 2 rings (SSSR count). The summed E-state index contributed by atoms with van der Waals surface area (Å²) < 4.78 is 13.7. The number of hydrogen-bond acceptors (Lipinski definition) is 2. The first-order valence-corrected chi connectivity index (χ1v) is 4.87. The molecule has 0 aliphatic heterocycles. The maximum Gasteiger partial charge on any atom is 0.131 e. The molecule has 0 N–H and O–H groups in total. The van der Waals surface area contributed by atoms with E-state index in [1.54, 1.807) is 36.7 Å². The Morgan fingerprint density at radius 3 is 2.81 bits per heavy atom. The van der Waals surface area contributed by atoms with Gasteiger partial charge in [-0.3, -0.25) is 4.98 Å². The van der Waals surface area contributed by atoms with Gasteiger partial charge >= 0.3 is 0 Å². The quantitative estimate of drug-likeness (QED) is 0.767. The summed E-state index contributed by atoms with van der Waals surface area (Å²) in [6.07, 6.45) is 3.43. The molecule has 0 bridgehead atoms. The molecule has 1 aromatic carbocycles. The molecule has 0 fully saturated rings. The summed E-state index contributed by atoms with van der Waals surface area (Å²) in [6.45, 7) is 0. The Kier molecular flexibility index (Phi) is 2.93. The molecule has 2 nitrogen and oxygen atoms in total. The number of rotatable bonds is 2. The molecule has 1 heterocycles. The van der Waals surface area contributed by atoms with Crippen molar-refractivity contribution in [1.82, 2.24) is 4.98 Å². The van der Waals surface area contributed by atoms with Gasteiger partial charge in [-0.25, -0.2) is 4.39 Å². The van der Waals surface area contributed by atoms with Crippen LogP contribution in [0, 0.1) is 17.1 Å². The molecule has 2 aromatic rings. The van der Waals surface area contributed by atoms with Crippen molar-refractivity contribution in [2.24, 2.45) is 0 Å². The molecule has 0 atom stereocenters. The highest BCUT2D eigenvalue weighted by molar-refractivity contribution is 5.67. The van der Waals surface area contributed by atoms with E-state index >= 15 is 0 Å². The third-order valence-electron chi connectivity index (χ3n) is 2.32. The first kappa shape index (κ1) is 10.3. The minimum Gasteiger partial charge on any atom is -0.264 e. The lowest BCUT2D eigenvalue weighted by molar-refractivity contribution is 0.630. The second-order valence-electron chi connectivity index (χ2n) is 3.35. The predicted octanol–water partition coefficient (Wildman–Crippen LogP) is 2.95. The average Bonchev–Trinajstić information content (AvgIpc) is 2.31. The molecule has 0 unspecified atom stereocenters. The van der Waals surface area contributed by atoms with Crippen molar-refractivity contribution < 1.29 is 4.39 Å². The Morgan fingerprint density at radius 2 is 2.12 bits per heavy atom. The fraction of sp³-hybridized carbons (Fsp3) is 0.0769. The lowest BCUT2D eigenvalue weighted by Crippen LogP contribution is -1.93. The predicted molar refractivity (Wildman–Crippen MR) is 58.9 cm³/mol. The lowest BCUT2D eigenvalue weighted by Gasteiger charge is -2.07. The van der Waals surface area contributed by atoms with E-state index in [1.165, 1.54) is 6.07 Å². The number of nitriles is 1. The Morgan fingerprint density at radius 1 is 1.25 bits per heavy atom. The number of hydrogen-bond donors (Lipinski definition) is 0. The van der Waals surface area contributed by atoms with Crippen LogP contribution in [0.5, 0.6) is 0 Å². The van der Waals surface area contributed by atoms with Crippen molar-refractivity contribution in [2.75, 3.05) is 0 Å². The zero-order valence-electron chi connectivity index (χ0n) is 8.52. The van der Waals surface area contributed by atoms with E-state index in [0.717, 1.165) is 0 Å². The van der Waals surface area contributed by atoms with Crippen molar-refractivity contribution in [3.63, 3.8) is 0 Å². The summed E-state index contributed by atoms with van der Waals surface area (Å²) in [5, 5.41) is 8.69. The van der Waals surface area contributed by atoms with Crippen molar-refractivity contribution in [1.29, 1.82) is 5.26 Å². The third kappa shape index (κ3) is 1.91. The fourth-order valence-electron chi connectivity index (χ4n) is 1.64. The van der Waals surface area contributed by atoms with Crippen LogP contribution in [0.4, 0.5) is 4.39 Å². The van der Waals surface area contributed by atoms with Crippen LogP contribution in [-0.2, 0) is 6.42 Å². The van der Waals surface area contributed by atoms with Gasteiger partial charge in [0.05, 0.1) is 12.5 Å². The fourth-order valence-corrected chi connectivity index (χ4v) is 1.64. The third-order valence-corrected chi connectivity index (χ3v) is 2.32. The largest absolute Gasteiger partial charge is 0.264 e. The molecule has 3 heteroatoms. The highest BCUT2D eigenvalue weighted by Gasteiger charge is 2.10.